The van der Waals surface area contributed by atoms with Crippen molar-refractivity contribution in [2.75, 3.05) is 0 Å². The van der Waals surface area contributed by atoms with Gasteiger partial charge in [0.25, 0.3) is 11.5 Å². The summed E-state index contributed by atoms with van der Waals surface area (Å²) in [6.07, 6.45) is -10.6. The predicted molar refractivity (Wildman–Crippen MR) is 168 cm³/mol. The third-order valence-electron chi connectivity index (χ3n) is 6.81. The molecule has 4 aromatic carbocycles. The van der Waals surface area contributed by atoms with Crippen LogP contribution in [0.3, 0.4) is 0 Å². The maximum atomic E-state index is 14.1. The number of ether oxygens (including phenoxy) is 3. The van der Waals surface area contributed by atoms with Gasteiger partial charge in [0.15, 0.2) is 22.7 Å². The SMILES string of the molecule is O=c1c(Oc2ccc(Oc3c(O)ccc4c(=O)c(Oc5ccc(Br)cc5)c(C(F)(F)F)oc34)cc2)c(C(F)(F)F)oc2c(O)c(O)c(Br)cc12. The number of hydrogen-bond donors (Lipinski definition) is 3. The van der Waals surface area contributed by atoms with Gasteiger partial charge in [-0.2, -0.15) is 26.3 Å². The number of benzene rings is 4. The van der Waals surface area contributed by atoms with Crippen LogP contribution in [0.15, 0.2) is 94.1 Å². The van der Waals surface area contributed by atoms with E-state index >= 15 is 0 Å². The van der Waals surface area contributed by atoms with E-state index in [0.29, 0.717) is 4.47 Å². The topological polar surface area (TPSA) is 149 Å². The van der Waals surface area contributed by atoms with Gasteiger partial charge < -0.3 is 38.4 Å². The molecule has 50 heavy (non-hydrogen) atoms. The molecule has 0 amide bonds. The predicted octanol–water partition coefficient (Wildman–Crippen LogP) is 9.96. The fraction of sp³-hybridized carbons (Fsp3) is 0.0625. The number of alkyl halides is 6. The van der Waals surface area contributed by atoms with Gasteiger partial charge in [0, 0.05) is 4.47 Å². The van der Waals surface area contributed by atoms with E-state index in [9.17, 15) is 51.3 Å². The first kappa shape index (κ1) is 34.5. The van der Waals surface area contributed by atoms with Gasteiger partial charge in [-0.3, -0.25) is 9.59 Å². The standard InChI is InChI=1S/C32H14Br2F6O10/c33-12-1-3-13(4-2-12)47-27-20(42)16-9-10-19(41)26(25(16)50-30(27)32(38,39)40)46-14-5-7-15(8-6-14)48-28-21(43)17-11-18(34)22(44)23(45)24(17)49-29(28)31(35,36)37/h1-11,41,44-45H. The Hall–Kier alpha value is -5.36. The fourth-order valence-corrected chi connectivity index (χ4v) is 5.23. The molecule has 0 saturated carbocycles. The van der Waals surface area contributed by atoms with E-state index in [2.05, 4.69) is 31.9 Å². The molecule has 0 atom stereocenters. The highest BCUT2D eigenvalue weighted by molar-refractivity contribution is 9.10. The lowest BCUT2D eigenvalue weighted by Crippen LogP contribution is -2.15. The van der Waals surface area contributed by atoms with Crippen molar-refractivity contribution in [3.05, 3.63) is 108 Å². The van der Waals surface area contributed by atoms with E-state index in [1.165, 1.54) is 24.3 Å². The zero-order valence-corrected chi connectivity index (χ0v) is 27.2. The van der Waals surface area contributed by atoms with Crippen molar-refractivity contribution in [3.8, 4) is 51.7 Å². The lowest BCUT2D eigenvalue weighted by molar-refractivity contribution is -0.154. The van der Waals surface area contributed by atoms with Gasteiger partial charge in [0.2, 0.25) is 33.9 Å². The lowest BCUT2D eigenvalue weighted by Gasteiger charge is -2.16. The summed E-state index contributed by atoms with van der Waals surface area (Å²) in [6.45, 7) is 0. The number of fused-ring (bicyclic) bond motifs is 2. The quantitative estimate of drug-likeness (QED) is 0.109. The van der Waals surface area contributed by atoms with E-state index in [4.69, 9.17) is 23.0 Å². The van der Waals surface area contributed by atoms with E-state index < -0.39 is 91.2 Å². The van der Waals surface area contributed by atoms with Crippen LogP contribution in [0.1, 0.15) is 11.5 Å². The van der Waals surface area contributed by atoms with E-state index in [-0.39, 0.29) is 21.7 Å². The minimum atomic E-state index is -5.31. The van der Waals surface area contributed by atoms with E-state index in [1.54, 1.807) is 0 Å². The van der Waals surface area contributed by atoms with Gasteiger partial charge >= 0.3 is 12.4 Å². The van der Waals surface area contributed by atoms with Crippen molar-refractivity contribution >= 4 is 53.8 Å². The Morgan fingerprint density at radius 1 is 0.560 bits per heavy atom. The van der Waals surface area contributed by atoms with Gasteiger partial charge in [-0.05, 0) is 82.7 Å². The zero-order chi connectivity index (χ0) is 36.3. The van der Waals surface area contributed by atoms with Crippen LogP contribution < -0.4 is 25.1 Å². The Morgan fingerprint density at radius 2 is 1.00 bits per heavy atom. The van der Waals surface area contributed by atoms with Crippen molar-refractivity contribution in [3.63, 3.8) is 0 Å². The molecule has 18 heteroatoms. The van der Waals surface area contributed by atoms with Crippen LogP contribution >= 0.6 is 31.9 Å². The normalized spacial score (nSPS) is 12.0. The number of hydrogen-bond acceptors (Lipinski definition) is 10. The second-order valence-electron chi connectivity index (χ2n) is 10.1. The monoisotopic (exact) mass is 830 g/mol. The summed E-state index contributed by atoms with van der Waals surface area (Å²) in [7, 11) is 0. The molecule has 0 unspecified atom stereocenters. The summed E-state index contributed by atoms with van der Waals surface area (Å²) in [4.78, 5) is 26.3. The van der Waals surface area contributed by atoms with Crippen molar-refractivity contribution in [1.82, 2.24) is 0 Å². The Bertz CT molecular complexity index is 2420. The second-order valence-corrected chi connectivity index (χ2v) is 11.9. The molecular weight excluding hydrogens is 818 g/mol. The minimum Gasteiger partial charge on any atom is -0.504 e. The molecule has 6 aromatic rings. The number of phenols is 3. The number of halogens is 8. The maximum absolute atomic E-state index is 14.1. The molecule has 0 spiro atoms. The summed E-state index contributed by atoms with van der Waals surface area (Å²) < 4.78 is 110. The molecule has 0 radical (unpaired) electrons. The van der Waals surface area contributed by atoms with Crippen molar-refractivity contribution < 1.29 is 64.7 Å². The molecule has 0 aliphatic carbocycles. The largest absolute Gasteiger partial charge is 0.504 e. The van der Waals surface area contributed by atoms with Gasteiger partial charge in [-0.15, -0.1) is 0 Å². The van der Waals surface area contributed by atoms with Gasteiger partial charge in [-0.1, -0.05) is 15.9 Å². The molecule has 0 saturated heterocycles. The highest BCUT2D eigenvalue weighted by atomic mass is 79.9. The smallest absolute Gasteiger partial charge is 0.453 e. The number of aromatic hydroxyl groups is 3. The summed E-state index contributed by atoms with van der Waals surface area (Å²) in [5.74, 6) is -10.5. The summed E-state index contributed by atoms with van der Waals surface area (Å²) in [5.41, 5.74) is -4.38. The molecule has 258 valence electrons. The van der Waals surface area contributed by atoms with Crippen molar-refractivity contribution in [2.24, 2.45) is 0 Å². The molecule has 3 N–H and O–H groups in total. The van der Waals surface area contributed by atoms with Crippen LogP contribution in [0, 0.1) is 0 Å². The summed E-state index contributed by atoms with van der Waals surface area (Å²) in [6, 6.07) is 12.5. The third kappa shape index (κ3) is 6.38. The Morgan fingerprint density at radius 3 is 1.50 bits per heavy atom. The highest BCUT2D eigenvalue weighted by Gasteiger charge is 2.42. The summed E-state index contributed by atoms with van der Waals surface area (Å²) >= 11 is 6.05. The first-order valence-corrected chi connectivity index (χ1v) is 15.1. The van der Waals surface area contributed by atoms with Gasteiger partial charge in [-0.25, -0.2) is 0 Å². The molecule has 0 fully saturated rings. The Kier molecular flexibility index (Phi) is 8.63. The minimum absolute atomic E-state index is 0.114. The molecular formula is C32H14Br2F6O10. The number of rotatable bonds is 6. The molecule has 6 rings (SSSR count). The maximum Gasteiger partial charge on any atom is 0.453 e. The second kappa shape index (κ2) is 12.5. The van der Waals surface area contributed by atoms with Gasteiger partial charge in [0.1, 0.15) is 17.2 Å². The van der Waals surface area contributed by atoms with Crippen LogP contribution in [-0.2, 0) is 12.4 Å². The Labute approximate surface area is 289 Å². The molecule has 10 nitrogen and oxygen atoms in total. The molecule has 0 aliphatic heterocycles. The van der Waals surface area contributed by atoms with Crippen LogP contribution in [0.25, 0.3) is 21.9 Å². The van der Waals surface area contributed by atoms with Gasteiger partial charge in [0.05, 0.1) is 15.2 Å². The molecule has 0 bridgehead atoms. The first-order chi connectivity index (χ1) is 23.4. The summed E-state index contributed by atoms with van der Waals surface area (Å²) in [5, 5.41) is 29.4. The van der Waals surface area contributed by atoms with Crippen LogP contribution in [0.2, 0.25) is 0 Å². The molecule has 2 heterocycles. The van der Waals surface area contributed by atoms with Crippen molar-refractivity contribution in [2.45, 2.75) is 12.4 Å². The Balaban J connectivity index is 1.38. The molecule has 0 aliphatic rings. The average molecular weight is 832 g/mol. The average Bonchev–Trinajstić information content (AvgIpc) is 3.04. The first-order valence-electron chi connectivity index (χ1n) is 13.5. The highest BCUT2D eigenvalue weighted by Crippen LogP contribution is 2.46. The van der Waals surface area contributed by atoms with Crippen LogP contribution in [0.5, 0.6) is 51.7 Å². The lowest BCUT2D eigenvalue weighted by atomic mass is 10.1. The van der Waals surface area contributed by atoms with E-state index in [0.717, 1.165) is 42.5 Å². The van der Waals surface area contributed by atoms with Crippen molar-refractivity contribution in [1.29, 1.82) is 0 Å². The number of phenolic OH excluding ortho intramolecular Hbond substituents is 3. The fourth-order valence-electron chi connectivity index (χ4n) is 4.55. The zero-order valence-electron chi connectivity index (χ0n) is 24.1. The van der Waals surface area contributed by atoms with E-state index in [1.807, 2.05) is 0 Å². The van der Waals surface area contributed by atoms with Crippen LogP contribution in [0.4, 0.5) is 26.3 Å². The molecule has 2 aromatic heterocycles. The van der Waals surface area contributed by atoms with Crippen LogP contribution in [-0.4, -0.2) is 15.3 Å². The third-order valence-corrected chi connectivity index (χ3v) is 7.94.